The van der Waals surface area contributed by atoms with Crippen LogP contribution in [0.5, 0.6) is 0 Å². The summed E-state index contributed by atoms with van der Waals surface area (Å²) in [5.41, 5.74) is -0.325. The number of aromatic nitrogens is 2. The van der Waals surface area contributed by atoms with Crippen LogP contribution in [-0.2, 0) is 11.9 Å². The van der Waals surface area contributed by atoms with Gasteiger partial charge in [0.15, 0.2) is 5.16 Å². The Hall–Kier alpha value is -1.94. The third-order valence-corrected chi connectivity index (χ3v) is 6.76. The first-order valence-corrected chi connectivity index (χ1v) is 12.2. The van der Waals surface area contributed by atoms with Crippen LogP contribution in [0.15, 0.2) is 34.4 Å². The number of carboxylic acids is 1. The SMILES string of the molecule is CSc1nc(NCC2CCCCC2)c(C(=O)O)c(SCc2cccc(C(F)(F)F)c2)n1. The van der Waals surface area contributed by atoms with Crippen LogP contribution in [-0.4, -0.2) is 33.8 Å². The smallest absolute Gasteiger partial charge is 0.416 e. The average Bonchev–Trinajstić information content (AvgIpc) is 2.76. The molecular formula is C21H24F3N3O2S2. The van der Waals surface area contributed by atoms with E-state index >= 15 is 0 Å². The number of nitrogens with one attached hydrogen (secondary N) is 1. The van der Waals surface area contributed by atoms with Gasteiger partial charge in [0.25, 0.3) is 0 Å². The molecule has 1 aliphatic carbocycles. The lowest BCUT2D eigenvalue weighted by molar-refractivity contribution is -0.137. The summed E-state index contributed by atoms with van der Waals surface area (Å²) in [4.78, 5) is 20.7. The van der Waals surface area contributed by atoms with E-state index < -0.39 is 17.7 Å². The highest BCUT2D eigenvalue weighted by atomic mass is 32.2. The second-order valence-corrected chi connectivity index (χ2v) is 9.15. The van der Waals surface area contributed by atoms with Crippen LogP contribution in [0.2, 0.25) is 0 Å². The summed E-state index contributed by atoms with van der Waals surface area (Å²) >= 11 is 2.39. The van der Waals surface area contributed by atoms with Crippen molar-refractivity contribution in [2.75, 3.05) is 18.1 Å². The predicted molar refractivity (Wildman–Crippen MR) is 117 cm³/mol. The van der Waals surface area contributed by atoms with Crippen LogP contribution in [0.25, 0.3) is 0 Å². The zero-order valence-corrected chi connectivity index (χ0v) is 18.7. The molecule has 0 radical (unpaired) electrons. The summed E-state index contributed by atoms with van der Waals surface area (Å²) < 4.78 is 38.9. The van der Waals surface area contributed by atoms with Gasteiger partial charge >= 0.3 is 12.1 Å². The monoisotopic (exact) mass is 471 g/mol. The molecule has 168 valence electrons. The normalized spacial score (nSPS) is 15.1. The summed E-state index contributed by atoms with van der Waals surface area (Å²) in [6.45, 7) is 0.642. The number of anilines is 1. The van der Waals surface area contributed by atoms with E-state index in [4.69, 9.17) is 0 Å². The van der Waals surface area contributed by atoms with E-state index in [0.717, 1.165) is 36.7 Å². The molecule has 0 amide bonds. The van der Waals surface area contributed by atoms with Gasteiger partial charge in [-0.1, -0.05) is 49.2 Å². The topological polar surface area (TPSA) is 75.1 Å². The van der Waals surface area contributed by atoms with Crippen molar-refractivity contribution in [3.8, 4) is 0 Å². The van der Waals surface area contributed by atoms with Crippen molar-refractivity contribution in [1.82, 2.24) is 9.97 Å². The molecule has 2 N–H and O–H groups in total. The first-order valence-electron chi connectivity index (χ1n) is 10.00. The number of nitrogens with zero attached hydrogens (tertiary/aromatic N) is 2. The van der Waals surface area contributed by atoms with Crippen molar-refractivity contribution in [3.63, 3.8) is 0 Å². The van der Waals surface area contributed by atoms with E-state index in [-0.39, 0.29) is 22.2 Å². The Kier molecular flexibility index (Phi) is 8.10. The second-order valence-electron chi connectivity index (χ2n) is 7.42. The lowest BCUT2D eigenvalue weighted by Crippen LogP contribution is -2.20. The molecule has 2 aromatic rings. The largest absolute Gasteiger partial charge is 0.477 e. The van der Waals surface area contributed by atoms with E-state index in [9.17, 15) is 23.1 Å². The van der Waals surface area contributed by atoms with Gasteiger partial charge in [-0.05, 0) is 36.6 Å². The number of halogens is 3. The van der Waals surface area contributed by atoms with Crippen molar-refractivity contribution in [2.24, 2.45) is 5.92 Å². The lowest BCUT2D eigenvalue weighted by Gasteiger charge is -2.22. The van der Waals surface area contributed by atoms with E-state index in [1.165, 1.54) is 37.1 Å². The minimum absolute atomic E-state index is 0.0365. The minimum atomic E-state index is -4.43. The van der Waals surface area contributed by atoms with Gasteiger partial charge in [0.2, 0.25) is 0 Å². The van der Waals surface area contributed by atoms with E-state index in [1.807, 2.05) is 0 Å². The molecule has 5 nitrogen and oxygen atoms in total. The minimum Gasteiger partial charge on any atom is -0.477 e. The van der Waals surface area contributed by atoms with Gasteiger partial charge in [0, 0.05) is 12.3 Å². The standard InChI is InChI=1S/C21H24F3N3O2S2/c1-30-20-26-17(25-11-13-6-3-2-4-7-13)16(19(28)29)18(27-20)31-12-14-8-5-9-15(10-14)21(22,23)24/h5,8-10,13H,2-4,6-7,11-12H2,1H3,(H,28,29)(H,25,26,27). The van der Waals surface area contributed by atoms with Gasteiger partial charge in [-0.2, -0.15) is 13.2 Å². The van der Waals surface area contributed by atoms with Crippen molar-refractivity contribution in [2.45, 2.75) is 54.2 Å². The number of thioether (sulfide) groups is 2. The Balaban J connectivity index is 1.82. The summed E-state index contributed by atoms with van der Waals surface area (Å²) in [5.74, 6) is -0.254. The highest BCUT2D eigenvalue weighted by Crippen LogP contribution is 2.34. The zero-order valence-electron chi connectivity index (χ0n) is 17.0. The molecular weight excluding hydrogens is 447 g/mol. The molecule has 0 bridgehead atoms. The quantitative estimate of drug-likeness (QED) is 0.270. The molecule has 3 rings (SSSR count). The molecule has 10 heteroatoms. The van der Waals surface area contributed by atoms with Crippen molar-refractivity contribution in [1.29, 1.82) is 0 Å². The molecule has 0 unspecified atom stereocenters. The van der Waals surface area contributed by atoms with Gasteiger partial charge in [0.1, 0.15) is 16.4 Å². The average molecular weight is 472 g/mol. The van der Waals surface area contributed by atoms with Crippen LogP contribution in [0.1, 0.15) is 53.6 Å². The van der Waals surface area contributed by atoms with E-state index in [2.05, 4.69) is 15.3 Å². The third-order valence-electron chi connectivity index (χ3n) is 5.16. The summed E-state index contributed by atoms with van der Waals surface area (Å²) in [5, 5.41) is 13.7. The number of rotatable bonds is 8. The third kappa shape index (κ3) is 6.52. The van der Waals surface area contributed by atoms with Gasteiger partial charge in [-0.3, -0.25) is 0 Å². The lowest BCUT2D eigenvalue weighted by atomic mass is 9.89. The molecule has 0 atom stereocenters. The van der Waals surface area contributed by atoms with Crippen LogP contribution < -0.4 is 5.32 Å². The van der Waals surface area contributed by atoms with Gasteiger partial charge < -0.3 is 10.4 Å². The second kappa shape index (κ2) is 10.6. The Labute approximate surface area is 187 Å². The van der Waals surface area contributed by atoms with Crippen molar-refractivity contribution >= 4 is 35.3 Å². The molecule has 1 heterocycles. The van der Waals surface area contributed by atoms with Crippen LogP contribution in [0, 0.1) is 5.92 Å². The molecule has 0 saturated heterocycles. The fourth-order valence-corrected chi connectivity index (χ4v) is 4.94. The van der Waals surface area contributed by atoms with Gasteiger partial charge in [-0.15, -0.1) is 11.8 Å². The Morgan fingerprint density at radius 3 is 2.61 bits per heavy atom. The summed E-state index contributed by atoms with van der Waals surface area (Å²) in [6, 6.07) is 5.02. The molecule has 1 saturated carbocycles. The molecule has 0 spiro atoms. The van der Waals surface area contributed by atoms with Gasteiger partial charge in [-0.25, -0.2) is 14.8 Å². The molecule has 1 aromatic carbocycles. The van der Waals surface area contributed by atoms with Crippen molar-refractivity contribution < 1.29 is 23.1 Å². The fraction of sp³-hybridized carbons (Fsp3) is 0.476. The Morgan fingerprint density at radius 2 is 1.97 bits per heavy atom. The molecule has 31 heavy (non-hydrogen) atoms. The maximum Gasteiger partial charge on any atom is 0.416 e. The molecule has 1 aromatic heterocycles. The van der Waals surface area contributed by atoms with Crippen molar-refractivity contribution in [3.05, 3.63) is 41.0 Å². The maximum atomic E-state index is 13.0. The molecule has 1 fully saturated rings. The summed E-state index contributed by atoms with van der Waals surface area (Å²) in [7, 11) is 0. The number of hydrogen-bond acceptors (Lipinski definition) is 6. The zero-order chi connectivity index (χ0) is 22.4. The number of aromatic carboxylic acids is 1. The highest BCUT2D eigenvalue weighted by Gasteiger charge is 2.30. The Morgan fingerprint density at radius 1 is 1.23 bits per heavy atom. The maximum absolute atomic E-state index is 13.0. The van der Waals surface area contributed by atoms with Crippen LogP contribution in [0.3, 0.4) is 0 Å². The van der Waals surface area contributed by atoms with Crippen LogP contribution in [0.4, 0.5) is 19.0 Å². The number of carbonyl (C=O) groups is 1. The Bertz CT molecular complexity index is 919. The fourth-order valence-electron chi connectivity index (χ4n) is 3.56. The van der Waals surface area contributed by atoms with E-state index in [0.29, 0.717) is 23.2 Å². The van der Waals surface area contributed by atoms with Gasteiger partial charge in [0.05, 0.1) is 5.56 Å². The number of alkyl halides is 3. The number of hydrogen-bond donors (Lipinski definition) is 2. The highest BCUT2D eigenvalue weighted by molar-refractivity contribution is 7.99. The predicted octanol–water partition coefficient (Wildman–Crippen LogP) is 6.20. The van der Waals surface area contributed by atoms with Crippen LogP contribution >= 0.6 is 23.5 Å². The summed E-state index contributed by atoms with van der Waals surface area (Å²) in [6.07, 6.45) is 3.16. The first-order chi connectivity index (χ1) is 14.8. The molecule has 1 aliphatic rings. The first kappa shape index (κ1) is 23.7. The number of benzene rings is 1. The number of carboxylic acid groups (broad SMARTS) is 1. The van der Waals surface area contributed by atoms with E-state index in [1.54, 1.807) is 12.3 Å². The molecule has 0 aliphatic heterocycles.